The van der Waals surface area contributed by atoms with Gasteiger partial charge in [-0.15, -0.1) is 0 Å². The van der Waals surface area contributed by atoms with Crippen molar-refractivity contribution in [3.8, 4) is 0 Å². The van der Waals surface area contributed by atoms with E-state index in [1.54, 1.807) is 12.3 Å². The van der Waals surface area contributed by atoms with Crippen LogP contribution in [0.1, 0.15) is 34.0 Å². The Morgan fingerprint density at radius 1 is 1.32 bits per heavy atom. The lowest BCUT2D eigenvalue weighted by molar-refractivity contribution is 0.0960. The number of ketones is 1. The van der Waals surface area contributed by atoms with E-state index in [0.29, 0.717) is 29.4 Å². The zero-order valence-electron chi connectivity index (χ0n) is 11.5. The Bertz CT molecular complexity index is 943. The van der Waals surface area contributed by atoms with Crippen LogP contribution in [-0.2, 0) is 6.42 Å². The van der Waals surface area contributed by atoms with Gasteiger partial charge in [-0.05, 0) is 24.1 Å². The van der Waals surface area contributed by atoms with Gasteiger partial charge >= 0.3 is 0 Å². The number of nitrogens with one attached hydrogen (secondary N) is 1. The van der Waals surface area contributed by atoms with Crippen LogP contribution >= 0.6 is 0 Å². The number of anilines is 1. The molecular formula is C15H12N4O3. The number of rotatable bonds is 1. The van der Waals surface area contributed by atoms with Crippen molar-refractivity contribution < 1.29 is 9.21 Å². The normalized spacial score (nSPS) is 17.6. The van der Waals surface area contributed by atoms with E-state index < -0.39 is 0 Å². The van der Waals surface area contributed by atoms with Crippen molar-refractivity contribution in [3.05, 3.63) is 51.8 Å². The average Bonchev–Trinajstić information content (AvgIpc) is 3.00. The maximum absolute atomic E-state index is 12.4. The second-order valence-electron chi connectivity index (χ2n) is 5.34. The molecule has 1 aliphatic rings. The standard InChI is InChI=1S/C15H12N4O3/c16-15-18-13-12(14(21)19-15)8-4-7(11-2-1-3-22-11)5-10(20)9(8)6-17-13/h1-3,6-7H,4-5H2,(H3,16,17,18,19,21)/t7-/m0/s1. The molecule has 1 aliphatic carbocycles. The van der Waals surface area contributed by atoms with E-state index in [0.717, 1.165) is 5.76 Å². The van der Waals surface area contributed by atoms with Crippen LogP contribution in [0.2, 0.25) is 0 Å². The highest BCUT2D eigenvalue weighted by Crippen LogP contribution is 2.34. The number of aromatic nitrogens is 3. The highest BCUT2D eigenvalue weighted by molar-refractivity contribution is 6.02. The number of carbonyl (C=O) groups is 1. The summed E-state index contributed by atoms with van der Waals surface area (Å²) in [6, 6.07) is 3.63. The van der Waals surface area contributed by atoms with E-state index >= 15 is 0 Å². The van der Waals surface area contributed by atoms with E-state index in [1.165, 1.54) is 6.20 Å². The zero-order chi connectivity index (χ0) is 15.3. The Balaban J connectivity index is 1.95. The van der Waals surface area contributed by atoms with Gasteiger partial charge in [0.25, 0.3) is 5.56 Å². The molecular weight excluding hydrogens is 284 g/mol. The second kappa shape index (κ2) is 4.52. The van der Waals surface area contributed by atoms with Gasteiger partial charge in [0, 0.05) is 24.1 Å². The molecule has 0 saturated heterocycles. The third-order valence-electron chi connectivity index (χ3n) is 3.99. The van der Waals surface area contributed by atoms with Crippen molar-refractivity contribution in [3.63, 3.8) is 0 Å². The highest BCUT2D eigenvalue weighted by atomic mass is 16.3. The summed E-state index contributed by atoms with van der Waals surface area (Å²) in [4.78, 5) is 35.2. The first kappa shape index (κ1) is 12.8. The molecule has 0 radical (unpaired) electrons. The van der Waals surface area contributed by atoms with E-state index in [1.807, 2.05) is 6.07 Å². The monoisotopic (exact) mass is 296 g/mol. The number of hydrogen-bond donors (Lipinski definition) is 2. The molecule has 3 aromatic rings. The SMILES string of the molecule is Nc1nc2ncc3c(c2c(=O)[nH]1)C[C@H](c1ccco1)CC3=O. The summed E-state index contributed by atoms with van der Waals surface area (Å²) in [6.07, 6.45) is 3.93. The van der Waals surface area contributed by atoms with Gasteiger partial charge in [-0.2, -0.15) is 4.98 Å². The lowest BCUT2D eigenvalue weighted by atomic mass is 9.81. The number of hydrogen-bond acceptors (Lipinski definition) is 6. The topological polar surface area (TPSA) is 115 Å². The first-order chi connectivity index (χ1) is 10.6. The van der Waals surface area contributed by atoms with Gasteiger partial charge in [-0.1, -0.05) is 0 Å². The molecule has 7 nitrogen and oxygen atoms in total. The lowest BCUT2D eigenvalue weighted by Gasteiger charge is -2.22. The number of nitrogens with two attached hydrogens (primary N) is 1. The Hall–Kier alpha value is -2.96. The fourth-order valence-electron chi connectivity index (χ4n) is 3.01. The molecule has 0 aromatic carbocycles. The lowest BCUT2D eigenvalue weighted by Crippen LogP contribution is -2.23. The van der Waals surface area contributed by atoms with Gasteiger partial charge in [0.05, 0.1) is 11.6 Å². The largest absolute Gasteiger partial charge is 0.469 e. The van der Waals surface area contributed by atoms with Crippen LogP contribution in [0, 0.1) is 0 Å². The number of aromatic amines is 1. The first-order valence-corrected chi connectivity index (χ1v) is 6.87. The number of H-pyrrole nitrogens is 1. The van der Waals surface area contributed by atoms with Crippen LogP contribution in [0.25, 0.3) is 11.0 Å². The van der Waals surface area contributed by atoms with Gasteiger partial charge in [0.2, 0.25) is 5.95 Å². The molecule has 0 fully saturated rings. The molecule has 4 rings (SSSR count). The Labute approximate surface area is 124 Å². The number of nitrogen functional groups attached to an aromatic ring is 1. The van der Waals surface area contributed by atoms with Crippen LogP contribution < -0.4 is 11.3 Å². The van der Waals surface area contributed by atoms with Gasteiger partial charge in [-0.3, -0.25) is 14.6 Å². The molecule has 0 saturated carbocycles. The predicted octanol–water partition coefficient (Wildman–Crippen LogP) is 1.41. The third kappa shape index (κ3) is 1.82. The molecule has 0 amide bonds. The molecule has 0 unspecified atom stereocenters. The van der Waals surface area contributed by atoms with E-state index in [-0.39, 0.29) is 28.9 Å². The van der Waals surface area contributed by atoms with Crippen molar-refractivity contribution in [2.45, 2.75) is 18.8 Å². The summed E-state index contributed by atoms with van der Waals surface area (Å²) in [5.74, 6) is 0.615. The molecule has 0 bridgehead atoms. The van der Waals surface area contributed by atoms with Crippen LogP contribution in [-0.4, -0.2) is 20.7 Å². The molecule has 7 heteroatoms. The van der Waals surface area contributed by atoms with Crippen LogP contribution in [0.4, 0.5) is 5.95 Å². The van der Waals surface area contributed by atoms with Crippen LogP contribution in [0.5, 0.6) is 0 Å². The third-order valence-corrected chi connectivity index (χ3v) is 3.99. The second-order valence-corrected chi connectivity index (χ2v) is 5.34. The smallest absolute Gasteiger partial charge is 0.262 e. The maximum Gasteiger partial charge on any atom is 0.262 e. The average molecular weight is 296 g/mol. The summed E-state index contributed by atoms with van der Waals surface area (Å²) in [5, 5.41) is 0.330. The molecule has 0 spiro atoms. The highest BCUT2D eigenvalue weighted by Gasteiger charge is 2.30. The molecule has 3 N–H and O–H groups in total. The molecule has 22 heavy (non-hydrogen) atoms. The number of carbonyl (C=O) groups excluding carboxylic acids is 1. The van der Waals surface area contributed by atoms with Crippen molar-refractivity contribution in [1.29, 1.82) is 0 Å². The minimum Gasteiger partial charge on any atom is -0.469 e. The van der Waals surface area contributed by atoms with Gasteiger partial charge in [-0.25, -0.2) is 4.98 Å². The Kier molecular flexibility index (Phi) is 2.62. The van der Waals surface area contributed by atoms with Crippen LogP contribution in [0.15, 0.2) is 33.8 Å². The number of pyridine rings is 1. The van der Waals surface area contributed by atoms with E-state index in [2.05, 4.69) is 15.0 Å². The molecule has 1 atom stereocenters. The quantitative estimate of drug-likeness (QED) is 0.701. The summed E-state index contributed by atoms with van der Waals surface area (Å²) < 4.78 is 5.41. The summed E-state index contributed by atoms with van der Waals surface area (Å²) in [7, 11) is 0. The minimum atomic E-state index is -0.375. The van der Waals surface area contributed by atoms with Gasteiger partial charge in [0.1, 0.15) is 5.76 Å². The van der Waals surface area contributed by atoms with E-state index in [9.17, 15) is 9.59 Å². The Morgan fingerprint density at radius 3 is 2.95 bits per heavy atom. The fraction of sp³-hybridized carbons (Fsp3) is 0.200. The van der Waals surface area contributed by atoms with Crippen molar-refractivity contribution in [2.24, 2.45) is 0 Å². The fourth-order valence-corrected chi connectivity index (χ4v) is 3.01. The number of fused-ring (bicyclic) bond motifs is 3. The molecule has 3 aromatic heterocycles. The first-order valence-electron chi connectivity index (χ1n) is 6.87. The summed E-state index contributed by atoms with van der Waals surface area (Å²) >= 11 is 0. The maximum atomic E-state index is 12.4. The summed E-state index contributed by atoms with van der Waals surface area (Å²) in [6.45, 7) is 0. The van der Waals surface area contributed by atoms with Crippen molar-refractivity contribution in [1.82, 2.24) is 15.0 Å². The zero-order valence-corrected chi connectivity index (χ0v) is 11.5. The summed E-state index contributed by atoms with van der Waals surface area (Å²) in [5.41, 5.74) is 6.57. The van der Waals surface area contributed by atoms with Crippen molar-refractivity contribution >= 4 is 22.8 Å². The molecule has 0 aliphatic heterocycles. The number of furan rings is 1. The van der Waals surface area contributed by atoms with Gasteiger partial charge in [0.15, 0.2) is 11.4 Å². The number of Topliss-reactive ketones (excluding diaryl/α,β-unsaturated/α-hetero) is 1. The molecule has 3 heterocycles. The molecule has 110 valence electrons. The van der Waals surface area contributed by atoms with Crippen LogP contribution in [0.3, 0.4) is 0 Å². The number of nitrogens with zero attached hydrogens (tertiary/aromatic N) is 2. The predicted molar refractivity (Wildman–Crippen MR) is 78.7 cm³/mol. The Morgan fingerprint density at radius 2 is 2.18 bits per heavy atom. The van der Waals surface area contributed by atoms with Gasteiger partial charge < -0.3 is 10.2 Å². The van der Waals surface area contributed by atoms with E-state index in [4.69, 9.17) is 10.2 Å². The minimum absolute atomic E-state index is 0.00895. The van der Waals surface area contributed by atoms with Crippen molar-refractivity contribution in [2.75, 3.05) is 5.73 Å².